The Bertz CT molecular complexity index is 446. The summed E-state index contributed by atoms with van der Waals surface area (Å²) in [5, 5.41) is 3.14. The molecule has 0 unspecified atom stereocenters. The Morgan fingerprint density at radius 1 is 1.42 bits per heavy atom. The number of hydrogen-bond donors (Lipinski definition) is 1. The van der Waals surface area contributed by atoms with Crippen molar-refractivity contribution in [2.75, 3.05) is 25.0 Å². The quantitative estimate of drug-likeness (QED) is 0.910. The molecule has 19 heavy (non-hydrogen) atoms. The summed E-state index contributed by atoms with van der Waals surface area (Å²) in [5.41, 5.74) is 1.09. The second-order valence-electron chi connectivity index (χ2n) is 5.92. The molecule has 0 atom stereocenters. The zero-order valence-corrected chi connectivity index (χ0v) is 12.1. The van der Waals surface area contributed by atoms with Crippen LogP contribution in [0.25, 0.3) is 0 Å². The van der Waals surface area contributed by atoms with Crippen LogP contribution in [0.1, 0.15) is 44.0 Å². The molecule has 0 radical (unpaired) electrons. The molecule has 1 N–H and O–H groups in total. The van der Waals surface area contributed by atoms with Gasteiger partial charge in [0.1, 0.15) is 5.82 Å². The van der Waals surface area contributed by atoms with Crippen LogP contribution < -0.4 is 5.32 Å². The normalized spacial score (nSPS) is 18.2. The lowest BCUT2D eigenvalue weighted by Gasteiger charge is -2.37. The van der Waals surface area contributed by atoms with Gasteiger partial charge in [0, 0.05) is 31.4 Å². The number of likely N-dealkylation sites (tertiary alicyclic amines) is 1. The maximum Gasteiger partial charge on any atom is 0.254 e. The van der Waals surface area contributed by atoms with E-state index in [1.54, 1.807) is 12.3 Å². The number of hydrogen-bond acceptors (Lipinski definition) is 3. The Balaban J connectivity index is 2.05. The highest BCUT2D eigenvalue weighted by molar-refractivity contribution is 5.94. The SMILES string of the molecule is CCNc1cc(C(=O)N2CCC(C)(C)CC2)ccn1. The molecular weight excluding hydrogens is 238 g/mol. The lowest BCUT2D eigenvalue weighted by Crippen LogP contribution is -2.41. The monoisotopic (exact) mass is 261 g/mol. The van der Waals surface area contributed by atoms with Crippen LogP contribution in [0.2, 0.25) is 0 Å². The van der Waals surface area contributed by atoms with Gasteiger partial charge in [0.2, 0.25) is 0 Å². The topological polar surface area (TPSA) is 45.2 Å². The second-order valence-corrected chi connectivity index (χ2v) is 5.92. The molecule has 4 nitrogen and oxygen atoms in total. The molecule has 104 valence electrons. The Labute approximate surface area is 115 Å². The summed E-state index contributed by atoms with van der Waals surface area (Å²) in [7, 11) is 0. The number of nitrogens with one attached hydrogen (secondary N) is 1. The van der Waals surface area contributed by atoms with E-state index in [-0.39, 0.29) is 5.91 Å². The summed E-state index contributed by atoms with van der Waals surface area (Å²) >= 11 is 0. The molecule has 1 aromatic rings. The van der Waals surface area contributed by atoms with Crippen LogP contribution >= 0.6 is 0 Å². The second kappa shape index (κ2) is 5.59. The van der Waals surface area contributed by atoms with Crippen LogP contribution in [0.5, 0.6) is 0 Å². The van der Waals surface area contributed by atoms with E-state index in [0.29, 0.717) is 5.41 Å². The van der Waals surface area contributed by atoms with Crippen molar-refractivity contribution in [3.8, 4) is 0 Å². The first-order valence-electron chi connectivity index (χ1n) is 7.01. The van der Waals surface area contributed by atoms with Crippen LogP contribution in [0, 0.1) is 5.41 Å². The first-order chi connectivity index (χ1) is 9.02. The van der Waals surface area contributed by atoms with Crippen molar-refractivity contribution in [3.05, 3.63) is 23.9 Å². The Morgan fingerprint density at radius 3 is 2.74 bits per heavy atom. The molecule has 1 amide bonds. The molecular formula is C15H23N3O. The molecule has 2 heterocycles. The first-order valence-corrected chi connectivity index (χ1v) is 7.01. The van der Waals surface area contributed by atoms with Gasteiger partial charge in [-0.1, -0.05) is 13.8 Å². The van der Waals surface area contributed by atoms with Crippen LogP contribution in [0.15, 0.2) is 18.3 Å². The summed E-state index contributed by atoms with van der Waals surface area (Å²) in [6.45, 7) is 9.07. The minimum Gasteiger partial charge on any atom is -0.370 e. The van der Waals surface area contributed by atoms with Crippen molar-refractivity contribution < 1.29 is 4.79 Å². The molecule has 2 rings (SSSR count). The third-order valence-corrected chi connectivity index (χ3v) is 3.77. The minimum atomic E-state index is 0.122. The van der Waals surface area contributed by atoms with Crippen molar-refractivity contribution in [2.24, 2.45) is 5.41 Å². The van der Waals surface area contributed by atoms with E-state index < -0.39 is 0 Å². The molecule has 4 heteroatoms. The van der Waals surface area contributed by atoms with E-state index in [9.17, 15) is 4.79 Å². The minimum absolute atomic E-state index is 0.122. The first kappa shape index (κ1) is 13.8. The van der Waals surface area contributed by atoms with Crippen molar-refractivity contribution in [1.82, 2.24) is 9.88 Å². The zero-order chi connectivity index (χ0) is 13.9. The fraction of sp³-hybridized carbons (Fsp3) is 0.600. The smallest absolute Gasteiger partial charge is 0.254 e. The summed E-state index contributed by atoms with van der Waals surface area (Å²) in [4.78, 5) is 18.6. The maximum atomic E-state index is 12.4. The molecule has 0 bridgehead atoms. The number of anilines is 1. The lowest BCUT2D eigenvalue weighted by atomic mass is 9.82. The van der Waals surface area contributed by atoms with Crippen molar-refractivity contribution in [3.63, 3.8) is 0 Å². The zero-order valence-electron chi connectivity index (χ0n) is 12.1. The largest absolute Gasteiger partial charge is 0.370 e. The van der Waals surface area contributed by atoms with Gasteiger partial charge in [0.15, 0.2) is 0 Å². The fourth-order valence-electron chi connectivity index (χ4n) is 2.34. The molecule has 1 aromatic heterocycles. The van der Waals surface area contributed by atoms with E-state index in [2.05, 4.69) is 24.1 Å². The molecule has 0 aliphatic carbocycles. The van der Waals surface area contributed by atoms with Gasteiger partial charge in [-0.05, 0) is 37.3 Å². The standard InChI is InChI=1S/C15H23N3O/c1-4-16-13-11-12(5-8-17-13)14(19)18-9-6-15(2,3)7-10-18/h5,8,11H,4,6-7,9-10H2,1-3H3,(H,16,17). The average molecular weight is 261 g/mol. The fourth-order valence-corrected chi connectivity index (χ4v) is 2.34. The highest BCUT2D eigenvalue weighted by atomic mass is 16.2. The lowest BCUT2D eigenvalue weighted by molar-refractivity contribution is 0.0630. The van der Waals surface area contributed by atoms with E-state index in [0.717, 1.165) is 43.9 Å². The predicted octanol–water partition coefficient (Wildman–Crippen LogP) is 2.78. The Kier molecular flexibility index (Phi) is 4.08. The molecule has 1 fully saturated rings. The number of carbonyl (C=O) groups is 1. The van der Waals surface area contributed by atoms with Gasteiger partial charge in [-0.25, -0.2) is 4.98 Å². The van der Waals surface area contributed by atoms with Crippen molar-refractivity contribution in [1.29, 1.82) is 0 Å². The summed E-state index contributed by atoms with van der Waals surface area (Å²) < 4.78 is 0. The highest BCUT2D eigenvalue weighted by Crippen LogP contribution is 2.30. The molecule has 0 saturated carbocycles. The third-order valence-electron chi connectivity index (χ3n) is 3.77. The summed E-state index contributed by atoms with van der Waals surface area (Å²) in [6.07, 6.45) is 3.84. The van der Waals surface area contributed by atoms with Gasteiger partial charge in [0.25, 0.3) is 5.91 Å². The number of carbonyl (C=O) groups excluding carboxylic acids is 1. The number of nitrogens with zero attached hydrogens (tertiary/aromatic N) is 2. The van der Waals surface area contributed by atoms with Gasteiger partial charge < -0.3 is 10.2 Å². The van der Waals surface area contributed by atoms with E-state index in [1.165, 1.54) is 0 Å². The number of piperidine rings is 1. The van der Waals surface area contributed by atoms with Gasteiger partial charge >= 0.3 is 0 Å². The van der Waals surface area contributed by atoms with Gasteiger partial charge in [0.05, 0.1) is 0 Å². The van der Waals surface area contributed by atoms with Crippen LogP contribution in [0.4, 0.5) is 5.82 Å². The summed E-state index contributed by atoms with van der Waals surface area (Å²) in [5.74, 6) is 0.891. The highest BCUT2D eigenvalue weighted by Gasteiger charge is 2.28. The number of amides is 1. The van der Waals surface area contributed by atoms with Gasteiger partial charge in [-0.2, -0.15) is 0 Å². The van der Waals surface area contributed by atoms with Crippen LogP contribution in [-0.2, 0) is 0 Å². The predicted molar refractivity (Wildman–Crippen MR) is 77.3 cm³/mol. The Hall–Kier alpha value is -1.58. The van der Waals surface area contributed by atoms with E-state index in [1.807, 2.05) is 17.9 Å². The summed E-state index contributed by atoms with van der Waals surface area (Å²) in [6, 6.07) is 3.63. The third kappa shape index (κ3) is 3.46. The van der Waals surface area contributed by atoms with Gasteiger partial charge in [-0.3, -0.25) is 4.79 Å². The molecule has 0 spiro atoms. The van der Waals surface area contributed by atoms with Gasteiger partial charge in [-0.15, -0.1) is 0 Å². The molecule has 0 aromatic carbocycles. The molecule has 1 saturated heterocycles. The maximum absolute atomic E-state index is 12.4. The molecule has 1 aliphatic heterocycles. The van der Waals surface area contributed by atoms with E-state index >= 15 is 0 Å². The number of rotatable bonds is 3. The average Bonchev–Trinajstić information content (AvgIpc) is 2.39. The van der Waals surface area contributed by atoms with Crippen LogP contribution in [-0.4, -0.2) is 35.4 Å². The number of pyridine rings is 1. The number of aromatic nitrogens is 1. The molecule has 1 aliphatic rings. The van der Waals surface area contributed by atoms with Crippen molar-refractivity contribution >= 4 is 11.7 Å². The Morgan fingerprint density at radius 2 is 2.11 bits per heavy atom. The van der Waals surface area contributed by atoms with Crippen LogP contribution in [0.3, 0.4) is 0 Å². The van der Waals surface area contributed by atoms with E-state index in [4.69, 9.17) is 0 Å². The van der Waals surface area contributed by atoms with Crippen molar-refractivity contribution in [2.45, 2.75) is 33.6 Å².